The molecule has 1 aromatic heterocycles. The number of nitro benzene ring substituents is 1. The van der Waals surface area contributed by atoms with Gasteiger partial charge in [0.25, 0.3) is 11.6 Å². The molecule has 7 heteroatoms. The van der Waals surface area contributed by atoms with Crippen LogP contribution in [-0.2, 0) is 0 Å². The number of benzene rings is 1. The second-order valence-electron chi connectivity index (χ2n) is 4.53. The van der Waals surface area contributed by atoms with Gasteiger partial charge < -0.3 is 5.32 Å². The summed E-state index contributed by atoms with van der Waals surface area (Å²) in [6.07, 6.45) is 0. The van der Waals surface area contributed by atoms with Gasteiger partial charge in [0.2, 0.25) is 0 Å². The van der Waals surface area contributed by atoms with E-state index in [1.165, 1.54) is 18.2 Å². The lowest BCUT2D eigenvalue weighted by Gasteiger charge is -2.06. The summed E-state index contributed by atoms with van der Waals surface area (Å²) < 4.78 is 0. The fraction of sp³-hybridized carbons (Fsp3) is 0.231. The number of anilines is 1. The van der Waals surface area contributed by atoms with E-state index in [1.807, 2.05) is 13.8 Å². The predicted octanol–water partition coefficient (Wildman–Crippen LogP) is 2.50. The molecule has 0 spiro atoms. The molecule has 104 valence electrons. The number of hydrogen-bond donors (Lipinski definition) is 2. The van der Waals surface area contributed by atoms with E-state index in [4.69, 9.17) is 0 Å². The van der Waals surface area contributed by atoms with Gasteiger partial charge in [-0.15, -0.1) is 0 Å². The number of rotatable bonds is 3. The zero-order valence-electron chi connectivity index (χ0n) is 11.4. The molecule has 0 saturated carbocycles. The Bertz CT molecular complexity index is 691. The lowest BCUT2D eigenvalue weighted by Crippen LogP contribution is -2.14. The van der Waals surface area contributed by atoms with Crippen molar-refractivity contribution in [2.75, 3.05) is 5.32 Å². The minimum absolute atomic E-state index is 0.0363. The largest absolute Gasteiger partial charge is 0.305 e. The van der Waals surface area contributed by atoms with Crippen LogP contribution >= 0.6 is 0 Å². The lowest BCUT2D eigenvalue weighted by atomic mass is 10.1. The summed E-state index contributed by atoms with van der Waals surface area (Å²) in [5, 5.41) is 20.1. The van der Waals surface area contributed by atoms with Crippen LogP contribution in [0.1, 0.15) is 27.2 Å². The van der Waals surface area contributed by atoms with Crippen LogP contribution in [0.4, 0.5) is 11.5 Å². The van der Waals surface area contributed by atoms with Crippen molar-refractivity contribution in [3.8, 4) is 0 Å². The average molecular weight is 274 g/mol. The normalized spacial score (nSPS) is 10.3. The maximum Gasteiger partial charge on any atom is 0.269 e. The van der Waals surface area contributed by atoms with E-state index in [1.54, 1.807) is 6.92 Å². The van der Waals surface area contributed by atoms with Crippen molar-refractivity contribution in [1.82, 2.24) is 10.2 Å². The zero-order valence-corrected chi connectivity index (χ0v) is 11.4. The second kappa shape index (κ2) is 5.12. The molecule has 2 aromatic rings. The minimum Gasteiger partial charge on any atom is -0.305 e. The molecular formula is C13H14N4O3. The quantitative estimate of drug-likeness (QED) is 0.663. The maximum absolute atomic E-state index is 12.1. The van der Waals surface area contributed by atoms with Crippen molar-refractivity contribution in [2.45, 2.75) is 20.8 Å². The van der Waals surface area contributed by atoms with Gasteiger partial charge in [0.1, 0.15) is 0 Å². The van der Waals surface area contributed by atoms with E-state index in [2.05, 4.69) is 15.5 Å². The van der Waals surface area contributed by atoms with Gasteiger partial charge in [-0.3, -0.25) is 20.0 Å². The molecule has 0 unspecified atom stereocenters. The Labute approximate surface area is 115 Å². The van der Waals surface area contributed by atoms with E-state index >= 15 is 0 Å². The highest BCUT2D eigenvalue weighted by Crippen LogP contribution is 2.19. The summed E-state index contributed by atoms with van der Waals surface area (Å²) >= 11 is 0. The van der Waals surface area contributed by atoms with Crippen molar-refractivity contribution in [2.24, 2.45) is 0 Å². The Morgan fingerprint density at radius 1 is 1.35 bits per heavy atom. The molecule has 0 aliphatic heterocycles. The first-order valence-corrected chi connectivity index (χ1v) is 5.98. The third-order valence-corrected chi connectivity index (χ3v) is 3.15. The van der Waals surface area contributed by atoms with Gasteiger partial charge in [0.05, 0.1) is 4.92 Å². The van der Waals surface area contributed by atoms with E-state index < -0.39 is 4.92 Å². The molecule has 0 aliphatic carbocycles. The van der Waals surface area contributed by atoms with Crippen LogP contribution in [0.5, 0.6) is 0 Å². The van der Waals surface area contributed by atoms with E-state index in [-0.39, 0.29) is 11.6 Å². The van der Waals surface area contributed by atoms with Gasteiger partial charge in [-0.25, -0.2) is 0 Å². The first-order valence-electron chi connectivity index (χ1n) is 5.98. The molecule has 1 aromatic carbocycles. The third-order valence-electron chi connectivity index (χ3n) is 3.15. The highest BCUT2D eigenvalue weighted by atomic mass is 16.6. The number of carbonyl (C=O) groups excluding carboxylic acids is 1. The Balaban J connectivity index is 2.26. The summed E-state index contributed by atoms with van der Waals surface area (Å²) in [4.78, 5) is 22.3. The summed E-state index contributed by atoms with van der Waals surface area (Å²) in [6, 6.07) is 4.12. The molecule has 20 heavy (non-hydrogen) atoms. The standard InChI is InChI=1S/C13H14N4O3/c1-7-6-10(17(19)20)4-5-11(7)13(18)14-12-8(2)9(3)15-16-12/h4-6H,1-3H3,(H2,14,15,16,18). The molecule has 0 fully saturated rings. The molecule has 2 N–H and O–H groups in total. The van der Waals surface area contributed by atoms with Crippen molar-refractivity contribution in [1.29, 1.82) is 0 Å². The smallest absolute Gasteiger partial charge is 0.269 e. The number of non-ortho nitro benzene ring substituents is 1. The fourth-order valence-corrected chi connectivity index (χ4v) is 1.80. The molecule has 0 radical (unpaired) electrons. The van der Waals surface area contributed by atoms with Crippen molar-refractivity contribution in [3.05, 3.63) is 50.7 Å². The van der Waals surface area contributed by atoms with E-state index in [0.29, 0.717) is 16.9 Å². The van der Waals surface area contributed by atoms with Crippen LogP contribution in [0.15, 0.2) is 18.2 Å². The predicted molar refractivity (Wildman–Crippen MR) is 73.8 cm³/mol. The molecule has 0 atom stereocenters. The molecule has 2 rings (SSSR count). The second-order valence-corrected chi connectivity index (χ2v) is 4.53. The maximum atomic E-state index is 12.1. The Hall–Kier alpha value is -2.70. The van der Waals surface area contributed by atoms with Gasteiger partial charge in [0.15, 0.2) is 5.82 Å². The van der Waals surface area contributed by atoms with Crippen LogP contribution in [-0.4, -0.2) is 21.0 Å². The van der Waals surface area contributed by atoms with Gasteiger partial charge in [-0.2, -0.15) is 5.10 Å². The molecule has 7 nitrogen and oxygen atoms in total. The van der Waals surface area contributed by atoms with E-state index in [0.717, 1.165) is 11.3 Å². The number of H-pyrrole nitrogens is 1. The molecule has 0 aliphatic rings. The topological polar surface area (TPSA) is 101 Å². The molecule has 1 heterocycles. The average Bonchev–Trinajstić information content (AvgIpc) is 2.70. The number of aryl methyl sites for hydroxylation is 2. The Morgan fingerprint density at radius 3 is 2.55 bits per heavy atom. The number of carbonyl (C=O) groups is 1. The number of nitro groups is 1. The monoisotopic (exact) mass is 274 g/mol. The van der Waals surface area contributed by atoms with Crippen molar-refractivity contribution >= 4 is 17.4 Å². The van der Waals surface area contributed by atoms with E-state index in [9.17, 15) is 14.9 Å². The number of hydrogen-bond acceptors (Lipinski definition) is 4. The lowest BCUT2D eigenvalue weighted by molar-refractivity contribution is -0.384. The molecular weight excluding hydrogens is 260 g/mol. The minimum atomic E-state index is -0.490. The molecule has 1 amide bonds. The first kappa shape index (κ1) is 13.7. The van der Waals surface area contributed by atoms with Gasteiger partial charge in [-0.1, -0.05) is 0 Å². The summed E-state index contributed by atoms with van der Waals surface area (Å²) in [5.74, 6) is 0.122. The number of aromatic amines is 1. The highest BCUT2D eigenvalue weighted by Gasteiger charge is 2.15. The van der Waals surface area contributed by atoms with Crippen LogP contribution in [0.2, 0.25) is 0 Å². The fourth-order valence-electron chi connectivity index (χ4n) is 1.80. The van der Waals surface area contributed by atoms with Crippen LogP contribution in [0.3, 0.4) is 0 Å². The molecule has 0 saturated heterocycles. The first-order chi connectivity index (χ1) is 9.40. The Kier molecular flexibility index (Phi) is 3.51. The van der Waals surface area contributed by atoms with Gasteiger partial charge >= 0.3 is 0 Å². The number of nitrogens with zero attached hydrogens (tertiary/aromatic N) is 2. The molecule has 0 bridgehead atoms. The van der Waals surface area contributed by atoms with Crippen LogP contribution in [0.25, 0.3) is 0 Å². The summed E-state index contributed by atoms with van der Waals surface area (Å²) in [5.41, 5.74) is 2.63. The SMILES string of the molecule is Cc1cc([N+](=O)[O-])ccc1C(=O)Nc1n[nH]c(C)c1C. The van der Waals surface area contributed by atoms with Crippen LogP contribution in [0, 0.1) is 30.9 Å². The van der Waals surface area contributed by atoms with Gasteiger partial charge in [-0.05, 0) is 32.4 Å². The third kappa shape index (κ3) is 2.51. The summed E-state index contributed by atoms with van der Waals surface area (Å²) in [6.45, 7) is 5.36. The van der Waals surface area contributed by atoms with Crippen molar-refractivity contribution < 1.29 is 9.72 Å². The zero-order chi connectivity index (χ0) is 14.9. The van der Waals surface area contributed by atoms with Gasteiger partial charge in [0, 0.05) is 29.0 Å². The summed E-state index contributed by atoms with van der Waals surface area (Å²) in [7, 11) is 0. The number of amides is 1. The highest BCUT2D eigenvalue weighted by molar-refractivity contribution is 6.05. The van der Waals surface area contributed by atoms with Crippen molar-refractivity contribution in [3.63, 3.8) is 0 Å². The number of nitrogens with one attached hydrogen (secondary N) is 2. The Morgan fingerprint density at radius 2 is 2.05 bits per heavy atom. The van der Waals surface area contributed by atoms with Crippen LogP contribution < -0.4 is 5.32 Å². The number of aromatic nitrogens is 2.